The second kappa shape index (κ2) is 6.44. The van der Waals surface area contributed by atoms with Gasteiger partial charge in [-0.2, -0.15) is 0 Å². The van der Waals surface area contributed by atoms with Gasteiger partial charge in [0.2, 0.25) is 5.91 Å². The first-order chi connectivity index (χ1) is 11.9. The van der Waals surface area contributed by atoms with Crippen LogP contribution < -0.4 is 20.7 Å². The predicted molar refractivity (Wildman–Crippen MR) is 89.8 cm³/mol. The number of rotatable bonds is 3. The van der Waals surface area contributed by atoms with Gasteiger partial charge in [0, 0.05) is 12.6 Å². The third kappa shape index (κ3) is 3.47. The Kier molecular flexibility index (Phi) is 4.17. The summed E-state index contributed by atoms with van der Waals surface area (Å²) in [7, 11) is 0. The maximum atomic E-state index is 12.0. The van der Waals surface area contributed by atoms with Crippen LogP contribution in [0.3, 0.4) is 0 Å². The lowest BCUT2D eigenvalue weighted by molar-refractivity contribution is -0.114. The van der Waals surface area contributed by atoms with E-state index in [1.807, 2.05) is 0 Å². The molecule has 0 radical (unpaired) electrons. The third-order valence-electron chi connectivity index (χ3n) is 3.34. The van der Waals surface area contributed by atoms with E-state index in [1.54, 1.807) is 30.3 Å². The van der Waals surface area contributed by atoms with Crippen molar-refractivity contribution < 1.29 is 23.9 Å². The van der Waals surface area contributed by atoms with Gasteiger partial charge in [-0.15, -0.1) is 0 Å². The zero-order valence-corrected chi connectivity index (χ0v) is 13.1. The van der Waals surface area contributed by atoms with Crippen molar-refractivity contribution in [2.45, 2.75) is 6.92 Å². The molecule has 0 bridgehead atoms. The summed E-state index contributed by atoms with van der Waals surface area (Å²) in [5.74, 6) is -1.59. The monoisotopic (exact) mass is 339 g/mol. The maximum absolute atomic E-state index is 12.0. The Bertz CT molecular complexity index is 893. The molecule has 0 aliphatic carbocycles. The first-order valence-corrected chi connectivity index (χ1v) is 7.29. The molecule has 1 aliphatic heterocycles. The van der Waals surface area contributed by atoms with Crippen LogP contribution in [0, 0.1) is 0 Å². The standard InChI is InChI=1S/C17H13N3O5/c1-9(21)18-13-8-10(7-12-14(13)20-16(23)15(12)22)19-17(24)25-11-5-3-2-4-6-11/h2-8H,1H3,(H,18,21)(H,19,24)(H,20,22,23). The molecule has 0 atom stereocenters. The summed E-state index contributed by atoms with van der Waals surface area (Å²) in [5.41, 5.74) is 0.672. The first-order valence-electron chi connectivity index (χ1n) is 7.29. The fourth-order valence-electron chi connectivity index (χ4n) is 2.35. The molecule has 0 saturated heterocycles. The predicted octanol–water partition coefficient (Wildman–Crippen LogP) is 2.39. The zero-order valence-electron chi connectivity index (χ0n) is 13.1. The normalized spacial score (nSPS) is 12.2. The Hall–Kier alpha value is -3.68. The van der Waals surface area contributed by atoms with Gasteiger partial charge in [0.25, 0.3) is 11.7 Å². The van der Waals surface area contributed by atoms with Crippen LogP contribution in [0.25, 0.3) is 0 Å². The molecule has 8 heteroatoms. The van der Waals surface area contributed by atoms with Gasteiger partial charge in [0.15, 0.2) is 0 Å². The van der Waals surface area contributed by atoms with Crippen LogP contribution in [-0.2, 0) is 9.59 Å². The lowest BCUT2D eigenvalue weighted by Gasteiger charge is -2.12. The number of carbonyl (C=O) groups is 4. The van der Waals surface area contributed by atoms with Crippen LogP contribution >= 0.6 is 0 Å². The Morgan fingerprint density at radius 1 is 1.04 bits per heavy atom. The Labute approximate surface area is 142 Å². The smallest absolute Gasteiger partial charge is 0.410 e. The molecule has 0 fully saturated rings. The van der Waals surface area contributed by atoms with Crippen molar-refractivity contribution in [3.8, 4) is 5.75 Å². The Morgan fingerprint density at radius 3 is 2.44 bits per heavy atom. The highest BCUT2D eigenvalue weighted by molar-refractivity contribution is 6.52. The van der Waals surface area contributed by atoms with Crippen LogP contribution in [0.2, 0.25) is 0 Å². The highest BCUT2D eigenvalue weighted by Crippen LogP contribution is 2.35. The highest BCUT2D eigenvalue weighted by atomic mass is 16.6. The number of amides is 3. The van der Waals surface area contributed by atoms with Crippen LogP contribution in [0.1, 0.15) is 17.3 Å². The van der Waals surface area contributed by atoms with E-state index >= 15 is 0 Å². The largest absolute Gasteiger partial charge is 0.417 e. The minimum absolute atomic E-state index is 0.0614. The zero-order chi connectivity index (χ0) is 18.0. The van der Waals surface area contributed by atoms with Crippen molar-refractivity contribution in [2.75, 3.05) is 16.0 Å². The number of Topliss-reactive ketones (excluding diaryl/α,β-unsaturated/α-hetero) is 1. The average Bonchev–Trinajstić information content (AvgIpc) is 2.84. The quantitative estimate of drug-likeness (QED) is 0.743. The molecule has 2 aromatic carbocycles. The number of ketones is 1. The number of ether oxygens (including phenoxy) is 1. The Balaban J connectivity index is 1.87. The summed E-state index contributed by atoms with van der Waals surface area (Å²) in [6, 6.07) is 11.2. The van der Waals surface area contributed by atoms with Crippen molar-refractivity contribution in [1.29, 1.82) is 0 Å². The van der Waals surface area contributed by atoms with Crippen LogP contribution in [0.4, 0.5) is 21.9 Å². The summed E-state index contributed by atoms with van der Waals surface area (Å²) >= 11 is 0. The summed E-state index contributed by atoms with van der Waals surface area (Å²) in [4.78, 5) is 46.8. The van der Waals surface area contributed by atoms with Gasteiger partial charge in [-0.3, -0.25) is 19.7 Å². The van der Waals surface area contributed by atoms with E-state index in [1.165, 1.54) is 19.1 Å². The molecule has 1 heterocycles. The molecule has 0 unspecified atom stereocenters. The van der Waals surface area contributed by atoms with Crippen LogP contribution in [-0.4, -0.2) is 23.7 Å². The van der Waals surface area contributed by atoms with Crippen molar-refractivity contribution >= 4 is 40.8 Å². The number of benzene rings is 2. The molecule has 3 N–H and O–H groups in total. The third-order valence-corrected chi connectivity index (χ3v) is 3.34. The number of anilines is 3. The summed E-state index contributed by atoms with van der Waals surface area (Å²) in [6.45, 7) is 1.29. The number of fused-ring (bicyclic) bond motifs is 1. The van der Waals surface area contributed by atoms with Gasteiger partial charge in [0.1, 0.15) is 5.75 Å². The minimum atomic E-state index is -0.800. The van der Waals surface area contributed by atoms with Gasteiger partial charge in [-0.1, -0.05) is 18.2 Å². The summed E-state index contributed by atoms with van der Waals surface area (Å²) in [5, 5.41) is 7.37. The fraction of sp³-hybridized carbons (Fsp3) is 0.0588. The molecule has 0 spiro atoms. The van der Waals surface area contributed by atoms with Crippen molar-refractivity contribution in [1.82, 2.24) is 0 Å². The molecule has 25 heavy (non-hydrogen) atoms. The number of hydrogen-bond donors (Lipinski definition) is 3. The van der Waals surface area contributed by atoms with Crippen LogP contribution in [0.15, 0.2) is 42.5 Å². The number of hydrogen-bond acceptors (Lipinski definition) is 5. The molecule has 126 valence electrons. The summed E-state index contributed by atoms with van der Waals surface area (Å²) < 4.78 is 5.10. The molecular formula is C17H13N3O5. The molecular weight excluding hydrogens is 326 g/mol. The van der Waals surface area contributed by atoms with Gasteiger partial charge in [-0.25, -0.2) is 4.79 Å². The van der Waals surface area contributed by atoms with E-state index in [-0.39, 0.29) is 28.5 Å². The molecule has 0 saturated carbocycles. The fourth-order valence-corrected chi connectivity index (χ4v) is 2.35. The van der Waals surface area contributed by atoms with Crippen molar-refractivity contribution in [3.05, 3.63) is 48.0 Å². The Morgan fingerprint density at radius 2 is 1.76 bits per heavy atom. The van der Waals surface area contributed by atoms with E-state index in [2.05, 4.69) is 16.0 Å². The highest BCUT2D eigenvalue weighted by Gasteiger charge is 2.31. The van der Waals surface area contributed by atoms with Crippen molar-refractivity contribution in [2.24, 2.45) is 0 Å². The topological polar surface area (TPSA) is 114 Å². The molecule has 2 aromatic rings. The number of carbonyl (C=O) groups excluding carboxylic acids is 4. The molecule has 0 aromatic heterocycles. The SMILES string of the molecule is CC(=O)Nc1cc(NC(=O)Oc2ccccc2)cc2c1NC(=O)C2=O. The summed E-state index contributed by atoms with van der Waals surface area (Å²) in [6.07, 6.45) is -0.773. The van der Waals surface area contributed by atoms with E-state index in [0.29, 0.717) is 5.75 Å². The average molecular weight is 339 g/mol. The molecule has 3 rings (SSSR count). The lowest BCUT2D eigenvalue weighted by atomic mass is 10.1. The number of para-hydroxylation sites is 1. The number of nitrogens with one attached hydrogen (secondary N) is 3. The van der Waals surface area contributed by atoms with E-state index < -0.39 is 17.8 Å². The lowest BCUT2D eigenvalue weighted by Crippen LogP contribution is -2.17. The minimum Gasteiger partial charge on any atom is -0.410 e. The maximum Gasteiger partial charge on any atom is 0.417 e. The van der Waals surface area contributed by atoms with E-state index in [4.69, 9.17) is 4.74 Å². The van der Waals surface area contributed by atoms with Gasteiger partial charge >= 0.3 is 6.09 Å². The molecule has 8 nitrogen and oxygen atoms in total. The van der Waals surface area contributed by atoms with Gasteiger partial charge in [0.05, 0.1) is 16.9 Å². The van der Waals surface area contributed by atoms with E-state index in [0.717, 1.165) is 0 Å². The molecule has 3 amide bonds. The van der Waals surface area contributed by atoms with E-state index in [9.17, 15) is 19.2 Å². The molecule has 1 aliphatic rings. The second-order valence-corrected chi connectivity index (χ2v) is 5.24. The first kappa shape index (κ1) is 16.2. The van der Waals surface area contributed by atoms with Gasteiger partial charge in [-0.05, 0) is 24.3 Å². The van der Waals surface area contributed by atoms with Crippen LogP contribution in [0.5, 0.6) is 5.75 Å². The van der Waals surface area contributed by atoms with Gasteiger partial charge < -0.3 is 15.4 Å². The van der Waals surface area contributed by atoms with Crippen molar-refractivity contribution in [3.63, 3.8) is 0 Å². The second-order valence-electron chi connectivity index (χ2n) is 5.24.